The van der Waals surface area contributed by atoms with Gasteiger partial charge >= 0.3 is 0 Å². The lowest BCUT2D eigenvalue weighted by molar-refractivity contribution is 0.0949. The summed E-state index contributed by atoms with van der Waals surface area (Å²) >= 11 is 0. The van der Waals surface area contributed by atoms with Gasteiger partial charge in [-0.2, -0.15) is 9.78 Å². The number of nitrogens with two attached hydrogens (primary N) is 1. The summed E-state index contributed by atoms with van der Waals surface area (Å²) in [5.74, 6) is 0.850. The molecule has 12 nitrogen and oxygen atoms in total. The van der Waals surface area contributed by atoms with Crippen LogP contribution in [0.5, 0.6) is 11.5 Å². The summed E-state index contributed by atoms with van der Waals surface area (Å²) in [6.07, 6.45) is 1.89. The lowest BCUT2D eigenvalue weighted by Gasteiger charge is -2.06. The van der Waals surface area contributed by atoms with E-state index in [0.717, 1.165) is 0 Å². The number of methoxy groups -OCH3 is 2. The van der Waals surface area contributed by atoms with Gasteiger partial charge in [-0.25, -0.2) is 10.1 Å². The van der Waals surface area contributed by atoms with Gasteiger partial charge in [0.15, 0.2) is 5.69 Å². The van der Waals surface area contributed by atoms with Crippen molar-refractivity contribution in [1.82, 2.24) is 30.7 Å². The number of hydrazone groups is 1. The van der Waals surface area contributed by atoms with Crippen LogP contribution in [0.4, 0.5) is 5.82 Å². The molecule has 0 saturated heterocycles. The van der Waals surface area contributed by atoms with E-state index in [2.05, 4.69) is 35.8 Å². The second-order valence-corrected chi connectivity index (χ2v) is 5.43. The molecule has 2 heterocycles. The van der Waals surface area contributed by atoms with E-state index in [-0.39, 0.29) is 17.3 Å². The number of nitrogens with zero attached hydrogens (tertiary/aromatic N) is 6. The maximum absolute atomic E-state index is 12.5. The Morgan fingerprint density at radius 1 is 1.36 bits per heavy atom. The van der Waals surface area contributed by atoms with Gasteiger partial charge in [-0.1, -0.05) is 12.1 Å². The minimum Gasteiger partial charge on any atom is -0.497 e. The lowest BCUT2D eigenvalue weighted by Crippen LogP contribution is -2.20. The van der Waals surface area contributed by atoms with Gasteiger partial charge in [-0.3, -0.25) is 4.79 Å². The van der Waals surface area contributed by atoms with Crippen LogP contribution in [0, 0.1) is 0 Å². The third-order valence-corrected chi connectivity index (χ3v) is 3.82. The quantitative estimate of drug-likeness (QED) is 0.438. The van der Waals surface area contributed by atoms with Gasteiger partial charge in [0.2, 0.25) is 11.6 Å². The lowest BCUT2D eigenvalue weighted by atomic mass is 10.2. The van der Waals surface area contributed by atoms with Crippen molar-refractivity contribution in [2.24, 2.45) is 5.10 Å². The summed E-state index contributed by atoms with van der Waals surface area (Å²) in [4.78, 5) is 12.5. The minimum atomic E-state index is -0.540. The zero-order valence-electron chi connectivity index (χ0n) is 15.4. The molecule has 0 unspecified atom stereocenters. The number of hydrogen-bond acceptors (Lipinski definition) is 10. The van der Waals surface area contributed by atoms with Gasteiger partial charge < -0.3 is 15.2 Å². The van der Waals surface area contributed by atoms with Crippen molar-refractivity contribution in [3.8, 4) is 17.3 Å². The molecule has 0 saturated carbocycles. The number of nitrogens with one attached hydrogen (secondary N) is 1. The number of ether oxygens (including phenoxy) is 2. The number of carbonyl (C=O) groups is 1. The van der Waals surface area contributed by atoms with Crippen LogP contribution in [0.25, 0.3) is 5.82 Å². The molecule has 1 aromatic carbocycles. The fraction of sp³-hybridized carbons (Fsp3) is 0.250. The van der Waals surface area contributed by atoms with Crippen LogP contribution in [0.2, 0.25) is 0 Å². The van der Waals surface area contributed by atoms with Crippen molar-refractivity contribution in [3.05, 3.63) is 35.2 Å². The number of carbonyl (C=O) groups excluding carboxylic acids is 1. The highest BCUT2D eigenvalue weighted by Gasteiger charge is 2.22. The fourth-order valence-electron chi connectivity index (χ4n) is 2.44. The van der Waals surface area contributed by atoms with E-state index >= 15 is 0 Å². The van der Waals surface area contributed by atoms with Crippen molar-refractivity contribution in [2.75, 3.05) is 20.0 Å². The van der Waals surface area contributed by atoms with Crippen LogP contribution in [0.3, 0.4) is 0 Å². The van der Waals surface area contributed by atoms with Gasteiger partial charge in [-0.15, -0.1) is 5.10 Å². The zero-order valence-corrected chi connectivity index (χ0v) is 15.4. The van der Waals surface area contributed by atoms with Gasteiger partial charge in [0.1, 0.15) is 11.5 Å². The summed E-state index contributed by atoms with van der Waals surface area (Å²) in [7, 11) is 3.09. The summed E-state index contributed by atoms with van der Waals surface area (Å²) in [5.41, 5.74) is 9.31. The monoisotopic (exact) mass is 386 g/mol. The van der Waals surface area contributed by atoms with Crippen molar-refractivity contribution in [3.63, 3.8) is 0 Å². The molecule has 0 aliphatic heterocycles. The van der Waals surface area contributed by atoms with E-state index in [1.165, 1.54) is 18.0 Å². The Labute approximate surface area is 159 Å². The second kappa shape index (κ2) is 8.16. The first kappa shape index (κ1) is 18.8. The molecular weight excluding hydrogens is 368 g/mol. The van der Waals surface area contributed by atoms with Crippen LogP contribution in [0.15, 0.2) is 27.9 Å². The van der Waals surface area contributed by atoms with Gasteiger partial charge in [-0.05, 0) is 28.9 Å². The van der Waals surface area contributed by atoms with Crippen LogP contribution in [0.1, 0.15) is 28.7 Å². The Hall–Kier alpha value is -3.96. The molecule has 0 bridgehead atoms. The topological polar surface area (TPSA) is 156 Å². The minimum absolute atomic E-state index is 0.0381. The normalized spacial score (nSPS) is 11.0. The molecule has 0 fully saturated rings. The SMILES string of the molecule is CCc1c(C(=O)N/N=C\c2ccc(OC)cc2OC)nnn1-c1nonc1N. The van der Waals surface area contributed by atoms with Crippen molar-refractivity contribution < 1.29 is 18.9 Å². The van der Waals surface area contributed by atoms with Crippen LogP contribution < -0.4 is 20.6 Å². The highest BCUT2D eigenvalue weighted by Crippen LogP contribution is 2.23. The van der Waals surface area contributed by atoms with Crippen molar-refractivity contribution in [2.45, 2.75) is 13.3 Å². The molecule has 3 aromatic rings. The molecule has 0 aliphatic carbocycles. The highest BCUT2D eigenvalue weighted by molar-refractivity contribution is 5.94. The van der Waals surface area contributed by atoms with Crippen LogP contribution >= 0.6 is 0 Å². The Morgan fingerprint density at radius 2 is 2.18 bits per heavy atom. The molecule has 0 spiro atoms. The van der Waals surface area contributed by atoms with Crippen molar-refractivity contribution >= 4 is 17.9 Å². The van der Waals surface area contributed by atoms with Crippen LogP contribution in [-0.4, -0.2) is 51.6 Å². The van der Waals surface area contributed by atoms with Crippen LogP contribution in [-0.2, 0) is 6.42 Å². The number of rotatable bonds is 7. The number of hydrogen-bond donors (Lipinski definition) is 2. The number of aromatic nitrogens is 5. The standard InChI is InChI=1S/C16H18N8O4/c1-4-11-13(19-23-24(11)15-14(17)21-28-22-15)16(25)20-18-8-9-5-6-10(26-2)7-12(9)27-3/h5-8H,4H2,1-3H3,(H2,17,21)(H,20,25)/b18-8-. The summed E-state index contributed by atoms with van der Waals surface area (Å²) in [6.45, 7) is 1.83. The third kappa shape index (κ3) is 3.60. The van der Waals surface area contributed by atoms with Gasteiger partial charge in [0, 0.05) is 11.6 Å². The van der Waals surface area contributed by atoms with E-state index < -0.39 is 5.91 Å². The van der Waals surface area contributed by atoms with E-state index in [0.29, 0.717) is 29.2 Å². The Balaban J connectivity index is 1.78. The zero-order chi connectivity index (χ0) is 20.1. The molecule has 3 rings (SSSR count). The number of benzene rings is 1. The molecule has 2 aromatic heterocycles. The molecule has 12 heteroatoms. The molecule has 146 valence electrons. The van der Waals surface area contributed by atoms with E-state index in [4.69, 9.17) is 15.2 Å². The summed E-state index contributed by atoms with van der Waals surface area (Å²) in [6, 6.07) is 5.21. The Bertz CT molecular complexity index is 1010. The van der Waals surface area contributed by atoms with Gasteiger partial charge in [0.05, 0.1) is 26.1 Å². The fourth-order valence-corrected chi connectivity index (χ4v) is 2.44. The Kier molecular flexibility index (Phi) is 5.48. The molecule has 28 heavy (non-hydrogen) atoms. The molecule has 1 amide bonds. The summed E-state index contributed by atoms with van der Waals surface area (Å²) in [5, 5.41) is 18.9. The predicted octanol–water partition coefficient (Wildman–Crippen LogP) is 0.576. The molecule has 0 radical (unpaired) electrons. The third-order valence-electron chi connectivity index (χ3n) is 3.82. The first-order valence-electron chi connectivity index (χ1n) is 8.17. The molecule has 0 atom stereocenters. The van der Waals surface area contributed by atoms with Gasteiger partial charge in [0.25, 0.3) is 5.91 Å². The van der Waals surface area contributed by atoms with E-state index in [1.54, 1.807) is 25.3 Å². The molecular formula is C16H18N8O4. The number of anilines is 1. The smallest absolute Gasteiger partial charge is 0.293 e. The average Bonchev–Trinajstić information content (AvgIpc) is 3.33. The van der Waals surface area contributed by atoms with Crippen molar-refractivity contribution in [1.29, 1.82) is 0 Å². The first-order valence-corrected chi connectivity index (χ1v) is 8.17. The average molecular weight is 386 g/mol. The maximum Gasteiger partial charge on any atom is 0.293 e. The number of amides is 1. The highest BCUT2D eigenvalue weighted by atomic mass is 16.6. The number of nitrogen functional groups attached to an aromatic ring is 1. The summed E-state index contributed by atoms with van der Waals surface area (Å²) < 4.78 is 16.3. The molecule has 3 N–H and O–H groups in total. The maximum atomic E-state index is 12.5. The first-order chi connectivity index (χ1) is 13.6. The Morgan fingerprint density at radius 3 is 2.82 bits per heavy atom. The van der Waals surface area contributed by atoms with E-state index in [1.807, 2.05) is 6.92 Å². The van der Waals surface area contributed by atoms with E-state index in [9.17, 15) is 4.79 Å². The molecule has 0 aliphatic rings. The predicted molar refractivity (Wildman–Crippen MR) is 97.6 cm³/mol. The second-order valence-electron chi connectivity index (χ2n) is 5.43. The largest absolute Gasteiger partial charge is 0.497 e.